The minimum absolute atomic E-state index is 0.155. The lowest BCUT2D eigenvalue weighted by molar-refractivity contribution is 0.0286. The summed E-state index contributed by atoms with van der Waals surface area (Å²) < 4.78 is 5.40. The summed E-state index contributed by atoms with van der Waals surface area (Å²) >= 11 is 0. The normalized spacial score (nSPS) is 29.7. The van der Waals surface area contributed by atoms with Crippen molar-refractivity contribution in [3.8, 4) is 0 Å². The molecule has 4 nitrogen and oxygen atoms in total. The fourth-order valence-electron chi connectivity index (χ4n) is 2.72. The van der Waals surface area contributed by atoms with Gasteiger partial charge in [0.2, 0.25) is 0 Å². The summed E-state index contributed by atoms with van der Waals surface area (Å²) in [5.41, 5.74) is -0.388. The maximum atomic E-state index is 11.9. The summed E-state index contributed by atoms with van der Waals surface area (Å²) in [7, 11) is 0. The van der Waals surface area contributed by atoms with E-state index in [1.54, 1.807) is 0 Å². The molecule has 2 rings (SSSR count). The quantitative estimate of drug-likeness (QED) is 0.762. The van der Waals surface area contributed by atoms with Crippen LogP contribution < -0.4 is 5.32 Å². The van der Waals surface area contributed by atoms with Gasteiger partial charge in [0.05, 0.1) is 0 Å². The van der Waals surface area contributed by atoms with Crippen molar-refractivity contribution < 1.29 is 9.53 Å². The minimum Gasteiger partial charge on any atom is -0.444 e. The van der Waals surface area contributed by atoms with Crippen molar-refractivity contribution in [3.05, 3.63) is 0 Å². The molecule has 0 aromatic heterocycles. The number of nitrogens with zero attached hydrogens (tertiary/aromatic N) is 1. The highest BCUT2D eigenvalue weighted by Gasteiger charge is 2.34. The van der Waals surface area contributed by atoms with Gasteiger partial charge in [-0.15, -0.1) is 0 Å². The molecule has 98 valence electrons. The van der Waals surface area contributed by atoms with Crippen LogP contribution in [0.4, 0.5) is 4.79 Å². The summed E-state index contributed by atoms with van der Waals surface area (Å²) in [4.78, 5) is 13.8. The van der Waals surface area contributed by atoms with Crippen molar-refractivity contribution in [3.63, 3.8) is 0 Å². The first-order chi connectivity index (χ1) is 7.96. The van der Waals surface area contributed by atoms with Gasteiger partial charge in [0.15, 0.2) is 0 Å². The van der Waals surface area contributed by atoms with Gasteiger partial charge in [0.25, 0.3) is 0 Å². The smallest absolute Gasteiger partial charge is 0.410 e. The zero-order chi connectivity index (χ0) is 12.5. The molecule has 2 heterocycles. The molecule has 0 bridgehead atoms. The summed E-state index contributed by atoms with van der Waals surface area (Å²) in [6.45, 7) is 8.57. The Balaban J connectivity index is 1.82. The molecule has 17 heavy (non-hydrogen) atoms. The molecule has 4 heteroatoms. The predicted molar refractivity (Wildman–Crippen MR) is 66.9 cm³/mol. The molecule has 1 amide bonds. The Labute approximate surface area is 104 Å². The number of carbonyl (C=O) groups is 1. The van der Waals surface area contributed by atoms with Crippen molar-refractivity contribution in [2.24, 2.45) is 5.92 Å². The molecule has 0 aromatic carbocycles. The van der Waals surface area contributed by atoms with Crippen LogP contribution in [0.25, 0.3) is 0 Å². The van der Waals surface area contributed by atoms with E-state index < -0.39 is 0 Å². The molecule has 0 spiro atoms. The van der Waals surface area contributed by atoms with Gasteiger partial charge in [-0.05, 0) is 52.5 Å². The fraction of sp³-hybridized carbons (Fsp3) is 0.923. The van der Waals surface area contributed by atoms with Gasteiger partial charge < -0.3 is 15.0 Å². The van der Waals surface area contributed by atoms with E-state index in [4.69, 9.17) is 4.74 Å². The van der Waals surface area contributed by atoms with Gasteiger partial charge in [0, 0.05) is 19.1 Å². The third kappa shape index (κ3) is 3.35. The average Bonchev–Trinajstić information content (AvgIpc) is 2.86. The van der Waals surface area contributed by atoms with Crippen molar-refractivity contribution in [2.45, 2.75) is 51.7 Å². The van der Waals surface area contributed by atoms with Crippen LogP contribution in [0.1, 0.15) is 40.0 Å². The van der Waals surface area contributed by atoms with Gasteiger partial charge >= 0.3 is 6.09 Å². The Morgan fingerprint density at radius 3 is 2.71 bits per heavy atom. The number of hydrogen-bond acceptors (Lipinski definition) is 3. The first-order valence-corrected chi connectivity index (χ1v) is 6.67. The third-order valence-corrected chi connectivity index (χ3v) is 3.54. The second-order valence-corrected chi connectivity index (χ2v) is 6.18. The summed E-state index contributed by atoms with van der Waals surface area (Å²) in [6.07, 6.45) is 3.48. The van der Waals surface area contributed by atoms with Gasteiger partial charge in [-0.3, -0.25) is 0 Å². The zero-order valence-electron chi connectivity index (χ0n) is 11.2. The van der Waals surface area contributed by atoms with Crippen LogP contribution in [0.2, 0.25) is 0 Å². The van der Waals surface area contributed by atoms with Gasteiger partial charge in [-0.2, -0.15) is 0 Å². The molecule has 2 fully saturated rings. The number of carbonyl (C=O) groups excluding carboxylic acids is 1. The summed E-state index contributed by atoms with van der Waals surface area (Å²) in [5, 5.41) is 3.53. The predicted octanol–water partition coefficient (Wildman–Crippen LogP) is 2.00. The standard InChI is InChI=1S/C13H24N2O2/c1-13(2,3)17-12(16)15-8-6-10(9-15)11-5-4-7-14-11/h10-11,14H,4-9H2,1-3H3. The summed E-state index contributed by atoms with van der Waals surface area (Å²) in [6, 6.07) is 0.613. The number of likely N-dealkylation sites (tertiary alicyclic amines) is 1. The van der Waals surface area contributed by atoms with Crippen molar-refractivity contribution in [1.82, 2.24) is 10.2 Å². The SMILES string of the molecule is CC(C)(C)OC(=O)N1CCC(C2CCCN2)C1. The molecule has 2 unspecified atom stereocenters. The average molecular weight is 240 g/mol. The molecule has 0 aliphatic carbocycles. The van der Waals surface area contributed by atoms with E-state index in [9.17, 15) is 4.79 Å². The highest BCUT2D eigenvalue weighted by Crippen LogP contribution is 2.26. The van der Waals surface area contributed by atoms with Crippen LogP contribution in [0.5, 0.6) is 0 Å². The Hall–Kier alpha value is -0.770. The lowest BCUT2D eigenvalue weighted by atomic mass is 9.98. The molecule has 0 saturated carbocycles. The Kier molecular flexibility index (Phi) is 3.61. The minimum atomic E-state index is -0.388. The Morgan fingerprint density at radius 2 is 2.12 bits per heavy atom. The van der Waals surface area contributed by atoms with Crippen LogP contribution in [-0.4, -0.2) is 42.3 Å². The van der Waals surface area contributed by atoms with Crippen LogP contribution in [0.15, 0.2) is 0 Å². The van der Waals surface area contributed by atoms with Crippen LogP contribution in [0.3, 0.4) is 0 Å². The van der Waals surface area contributed by atoms with E-state index in [1.807, 2.05) is 25.7 Å². The Bertz CT molecular complexity index is 280. The third-order valence-electron chi connectivity index (χ3n) is 3.54. The van der Waals surface area contributed by atoms with Gasteiger partial charge in [-0.1, -0.05) is 0 Å². The number of ether oxygens (including phenoxy) is 1. The number of nitrogens with one attached hydrogen (secondary N) is 1. The maximum Gasteiger partial charge on any atom is 0.410 e. The van der Waals surface area contributed by atoms with E-state index in [0.717, 1.165) is 26.1 Å². The van der Waals surface area contributed by atoms with Crippen LogP contribution in [-0.2, 0) is 4.74 Å². The van der Waals surface area contributed by atoms with Crippen molar-refractivity contribution in [2.75, 3.05) is 19.6 Å². The summed E-state index contributed by atoms with van der Waals surface area (Å²) in [5.74, 6) is 0.616. The Morgan fingerprint density at radius 1 is 1.35 bits per heavy atom. The van der Waals surface area contributed by atoms with E-state index in [1.165, 1.54) is 12.8 Å². The maximum absolute atomic E-state index is 11.9. The van der Waals surface area contributed by atoms with Crippen molar-refractivity contribution >= 4 is 6.09 Å². The number of rotatable bonds is 1. The molecule has 2 atom stereocenters. The molecule has 0 aromatic rings. The molecular formula is C13H24N2O2. The molecule has 2 saturated heterocycles. The first kappa shape index (κ1) is 12.7. The highest BCUT2D eigenvalue weighted by molar-refractivity contribution is 5.68. The van der Waals surface area contributed by atoms with E-state index in [0.29, 0.717) is 12.0 Å². The van der Waals surface area contributed by atoms with E-state index in [2.05, 4.69) is 5.32 Å². The van der Waals surface area contributed by atoms with E-state index >= 15 is 0 Å². The molecule has 2 aliphatic heterocycles. The second kappa shape index (κ2) is 4.84. The molecule has 0 radical (unpaired) electrons. The lowest BCUT2D eigenvalue weighted by Crippen LogP contribution is -2.37. The topological polar surface area (TPSA) is 41.6 Å². The second-order valence-electron chi connectivity index (χ2n) is 6.18. The molecule has 2 aliphatic rings. The number of hydrogen-bond donors (Lipinski definition) is 1. The molecule has 1 N–H and O–H groups in total. The van der Waals surface area contributed by atoms with Crippen LogP contribution in [0, 0.1) is 5.92 Å². The molecular weight excluding hydrogens is 216 g/mol. The monoisotopic (exact) mass is 240 g/mol. The first-order valence-electron chi connectivity index (χ1n) is 6.67. The highest BCUT2D eigenvalue weighted by atomic mass is 16.6. The van der Waals surface area contributed by atoms with Gasteiger partial charge in [-0.25, -0.2) is 4.79 Å². The largest absolute Gasteiger partial charge is 0.444 e. The fourth-order valence-corrected chi connectivity index (χ4v) is 2.72. The van der Waals surface area contributed by atoms with Crippen molar-refractivity contribution in [1.29, 1.82) is 0 Å². The van der Waals surface area contributed by atoms with Gasteiger partial charge in [0.1, 0.15) is 5.60 Å². The number of amides is 1. The zero-order valence-corrected chi connectivity index (χ0v) is 11.2. The van der Waals surface area contributed by atoms with Crippen LogP contribution >= 0.6 is 0 Å². The van der Waals surface area contributed by atoms with E-state index in [-0.39, 0.29) is 11.7 Å². The lowest BCUT2D eigenvalue weighted by Gasteiger charge is -2.25.